The van der Waals surface area contributed by atoms with E-state index in [0.29, 0.717) is 12.5 Å². The first-order valence-electron chi connectivity index (χ1n) is 9.55. The normalized spacial score (nSPS) is 12.2. The Kier molecular flexibility index (Phi) is 9.11. The maximum absolute atomic E-state index is 4.34. The van der Waals surface area contributed by atoms with Gasteiger partial charge in [0.1, 0.15) is 12.7 Å². The molecule has 2 N–H and O–H groups in total. The minimum absolute atomic E-state index is 0. The molecule has 0 aliphatic carbocycles. The summed E-state index contributed by atoms with van der Waals surface area (Å²) >= 11 is 0. The number of benzene rings is 2. The van der Waals surface area contributed by atoms with Gasteiger partial charge in [-0.15, -0.1) is 24.0 Å². The molecule has 0 saturated carbocycles. The van der Waals surface area contributed by atoms with Crippen LogP contribution in [0.25, 0.3) is 0 Å². The van der Waals surface area contributed by atoms with Gasteiger partial charge in [-0.1, -0.05) is 61.0 Å². The third kappa shape index (κ3) is 7.16. The molecular formula is C22H29IN6. The van der Waals surface area contributed by atoms with Crippen molar-refractivity contribution in [3.63, 3.8) is 0 Å². The molecule has 1 unspecified atom stereocenters. The van der Waals surface area contributed by atoms with Crippen molar-refractivity contribution in [2.75, 3.05) is 13.6 Å². The summed E-state index contributed by atoms with van der Waals surface area (Å²) in [5.74, 6) is 1.21. The SMILES string of the molecule is CN=C(NCc1cccc(Cn2cncn2)c1)NCC(C)c1ccc(C)cc1.I. The van der Waals surface area contributed by atoms with Gasteiger partial charge in [0, 0.05) is 20.1 Å². The Labute approximate surface area is 189 Å². The fourth-order valence-electron chi connectivity index (χ4n) is 3.01. The van der Waals surface area contributed by atoms with Gasteiger partial charge in [0.15, 0.2) is 5.96 Å². The molecule has 7 heteroatoms. The predicted molar refractivity (Wildman–Crippen MR) is 129 cm³/mol. The van der Waals surface area contributed by atoms with Gasteiger partial charge in [0.05, 0.1) is 6.54 Å². The highest BCUT2D eigenvalue weighted by molar-refractivity contribution is 14.0. The molecule has 3 aromatic rings. The Morgan fingerprint density at radius 3 is 2.55 bits per heavy atom. The molecule has 1 atom stereocenters. The van der Waals surface area contributed by atoms with Gasteiger partial charge >= 0.3 is 0 Å². The van der Waals surface area contributed by atoms with E-state index in [1.54, 1.807) is 19.7 Å². The molecule has 0 fully saturated rings. The molecule has 1 aromatic heterocycles. The number of aryl methyl sites for hydroxylation is 1. The molecule has 2 aromatic carbocycles. The van der Waals surface area contributed by atoms with E-state index in [2.05, 4.69) is 88.1 Å². The van der Waals surface area contributed by atoms with Crippen molar-refractivity contribution in [3.05, 3.63) is 83.4 Å². The lowest BCUT2D eigenvalue weighted by Crippen LogP contribution is -2.38. The summed E-state index contributed by atoms with van der Waals surface area (Å²) in [7, 11) is 1.80. The molecular weight excluding hydrogens is 475 g/mol. The first-order valence-corrected chi connectivity index (χ1v) is 9.55. The van der Waals surface area contributed by atoms with Crippen LogP contribution in [0, 0.1) is 6.92 Å². The van der Waals surface area contributed by atoms with Crippen molar-refractivity contribution in [2.24, 2.45) is 4.99 Å². The summed E-state index contributed by atoms with van der Waals surface area (Å²) in [4.78, 5) is 8.33. The number of rotatable bonds is 7. The monoisotopic (exact) mass is 504 g/mol. The van der Waals surface area contributed by atoms with Gasteiger partial charge in [-0.05, 0) is 29.5 Å². The fraction of sp³-hybridized carbons (Fsp3) is 0.318. The van der Waals surface area contributed by atoms with Crippen LogP contribution in [-0.2, 0) is 13.1 Å². The third-order valence-electron chi connectivity index (χ3n) is 4.71. The number of halogens is 1. The highest BCUT2D eigenvalue weighted by atomic mass is 127. The molecule has 3 rings (SSSR count). The maximum Gasteiger partial charge on any atom is 0.191 e. The Balaban J connectivity index is 0.00000300. The summed E-state index contributed by atoms with van der Waals surface area (Å²) in [6, 6.07) is 17.2. The van der Waals surface area contributed by atoms with Gasteiger partial charge in [-0.2, -0.15) is 5.10 Å². The van der Waals surface area contributed by atoms with Crippen LogP contribution in [0.15, 0.2) is 66.2 Å². The second-order valence-electron chi connectivity index (χ2n) is 7.03. The molecule has 0 amide bonds. The van der Waals surface area contributed by atoms with Crippen LogP contribution in [-0.4, -0.2) is 34.3 Å². The van der Waals surface area contributed by atoms with Crippen LogP contribution in [0.3, 0.4) is 0 Å². The Morgan fingerprint density at radius 2 is 1.86 bits per heavy atom. The number of nitrogens with one attached hydrogen (secondary N) is 2. The highest BCUT2D eigenvalue weighted by Crippen LogP contribution is 2.14. The number of aromatic nitrogens is 3. The Hall–Kier alpha value is -2.42. The zero-order chi connectivity index (χ0) is 19.8. The third-order valence-corrected chi connectivity index (χ3v) is 4.71. The van der Waals surface area contributed by atoms with Crippen molar-refractivity contribution in [1.29, 1.82) is 0 Å². The zero-order valence-corrected chi connectivity index (χ0v) is 19.5. The lowest BCUT2D eigenvalue weighted by molar-refractivity contribution is 0.682. The summed E-state index contributed by atoms with van der Waals surface area (Å²) in [6.07, 6.45) is 3.28. The van der Waals surface area contributed by atoms with Crippen LogP contribution < -0.4 is 10.6 Å². The van der Waals surface area contributed by atoms with Gasteiger partial charge in [-0.3, -0.25) is 4.99 Å². The quantitative estimate of drug-likeness (QED) is 0.293. The second kappa shape index (κ2) is 11.5. The largest absolute Gasteiger partial charge is 0.356 e. The van der Waals surface area contributed by atoms with Crippen LogP contribution in [0.1, 0.15) is 35.1 Å². The van der Waals surface area contributed by atoms with Crippen molar-refractivity contribution < 1.29 is 0 Å². The lowest BCUT2D eigenvalue weighted by Gasteiger charge is -2.17. The van der Waals surface area contributed by atoms with Crippen LogP contribution in [0.4, 0.5) is 0 Å². The van der Waals surface area contributed by atoms with Crippen LogP contribution in [0.5, 0.6) is 0 Å². The average Bonchev–Trinajstić information content (AvgIpc) is 3.22. The Morgan fingerprint density at radius 1 is 1.10 bits per heavy atom. The Bertz CT molecular complexity index is 890. The van der Waals surface area contributed by atoms with E-state index in [9.17, 15) is 0 Å². The van der Waals surface area contributed by atoms with Gasteiger partial charge in [-0.25, -0.2) is 9.67 Å². The van der Waals surface area contributed by atoms with E-state index in [-0.39, 0.29) is 24.0 Å². The maximum atomic E-state index is 4.34. The minimum atomic E-state index is 0. The summed E-state index contributed by atoms with van der Waals surface area (Å²) in [5, 5.41) is 11.0. The highest BCUT2D eigenvalue weighted by Gasteiger charge is 2.07. The number of hydrogen-bond acceptors (Lipinski definition) is 3. The molecule has 0 saturated heterocycles. The van der Waals surface area contributed by atoms with E-state index < -0.39 is 0 Å². The molecule has 0 spiro atoms. The van der Waals surface area contributed by atoms with E-state index in [1.165, 1.54) is 22.3 Å². The van der Waals surface area contributed by atoms with Gasteiger partial charge in [0.2, 0.25) is 0 Å². The van der Waals surface area contributed by atoms with Gasteiger partial charge < -0.3 is 10.6 Å². The second-order valence-corrected chi connectivity index (χ2v) is 7.03. The topological polar surface area (TPSA) is 67.1 Å². The number of hydrogen-bond donors (Lipinski definition) is 2. The van der Waals surface area contributed by atoms with Crippen molar-refractivity contribution in [1.82, 2.24) is 25.4 Å². The fourth-order valence-corrected chi connectivity index (χ4v) is 3.01. The molecule has 0 bridgehead atoms. The van der Waals surface area contributed by atoms with E-state index >= 15 is 0 Å². The average molecular weight is 504 g/mol. The predicted octanol–water partition coefficient (Wildman–Crippen LogP) is 3.72. The van der Waals surface area contributed by atoms with E-state index in [1.807, 2.05) is 4.68 Å². The van der Waals surface area contributed by atoms with Gasteiger partial charge in [0.25, 0.3) is 0 Å². The first kappa shape index (κ1) is 22.9. The standard InChI is InChI=1S/C22H28N6.HI/c1-17-7-9-21(10-8-17)18(2)12-25-22(23-3)26-13-19-5-4-6-20(11-19)14-28-16-24-15-27-28;/h4-11,15-16,18H,12-14H2,1-3H3,(H2,23,25,26);1H. The number of aliphatic imine (C=N–C) groups is 1. The lowest BCUT2D eigenvalue weighted by atomic mass is 10.0. The summed E-state index contributed by atoms with van der Waals surface area (Å²) in [5.41, 5.74) is 5.01. The number of nitrogens with zero attached hydrogens (tertiary/aromatic N) is 4. The first-order chi connectivity index (χ1) is 13.6. The van der Waals surface area contributed by atoms with E-state index in [0.717, 1.165) is 19.0 Å². The molecule has 1 heterocycles. The molecule has 29 heavy (non-hydrogen) atoms. The molecule has 0 aliphatic rings. The van der Waals surface area contributed by atoms with Crippen molar-refractivity contribution >= 4 is 29.9 Å². The summed E-state index contributed by atoms with van der Waals surface area (Å²) < 4.78 is 1.82. The zero-order valence-electron chi connectivity index (χ0n) is 17.2. The molecule has 0 aliphatic heterocycles. The molecule has 6 nitrogen and oxygen atoms in total. The summed E-state index contributed by atoms with van der Waals surface area (Å²) in [6.45, 7) is 6.59. The number of guanidine groups is 1. The minimum Gasteiger partial charge on any atom is -0.356 e. The van der Waals surface area contributed by atoms with Crippen molar-refractivity contribution in [2.45, 2.75) is 32.9 Å². The van der Waals surface area contributed by atoms with Crippen molar-refractivity contribution in [3.8, 4) is 0 Å². The smallest absolute Gasteiger partial charge is 0.191 e. The molecule has 154 valence electrons. The van der Waals surface area contributed by atoms with Crippen LogP contribution in [0.2, 0.25) is 0 Å². The van der Waals surface area contributed by atoms with Crippen LogP contribution >= 0.6 is 24.0 Å². The molecule has 0 radical (unpaired) electrons. The van der Waals surface area contributed by atoms with E-state index in [4.69, 9.17) is 0 Å².